The molecular weight excluding hydrogens is 288 g/mol. The highest BCUT2D eigenvalue weighted by atomic mass is 35.5. The Balaban J connectivity index is 0.00000180. The quantitative estimate of drug-likeness (QED) is 0.881. The predicted octanol–water partition coefficient (Wildman–Crippen LogP) is 0.566. The van der Waals surface area contributed by atoms with E-state index in [-0.39, 0.29) is 17.4 Å². The van der Waals surface area contributed by atoms with Gasteiger partial charge in [0.05, 0.1) is 5.69 Å². The first-order chi connectivity index (χ1) is 8.54. The van der Waals surface area contributed by atoms with Crippen molar-refractivity contribution < 1.29 is 8.42 Å². The van der Waals surface area contributed by atoms with E-state index in [9.17, 15) is 8.42 Å². The summed E-state index contributed by atoms with van der Waals surface area (Å²) in [7, 11) is -3.49. The molecule has 0 bridgehead atoms. The molecule has 1 fully saturated rings. The molecule has 0 amide bonds. The molecule has 2 rings (SSSR count). The highest BCUT2D eigenvalue weighted by Gasteiger charge is 2.30. The van der Waals surface area contributed by atoms with E-state index >= 15 is 0 Å². The van der Waals surface area contributed by atoms with E-state index in [1.165, 1.54) is 10.4 Å². The Morgan fingerprint density at radius 2 is 1.95 bits per heavy atom. The Labute approximate surface area is 119 Å². The maximum Gasteiger partial charge on any atom is 0.262 e. The molecule has 2 heterocycles. The molecule has 19 heavy (non-hydrogen) atoms. The maximum atomic E-state index is 12.3. The molecule has 0 unspecified atom stereocenters. The van der Waals surface area contributed by atoms with Gasteiger partial charge in [-0.1, -0.05) is 0 Å². The molecule has 0 radical (unpaired) electrons. The van der Waals surface area contributed by atoms with E-state index in [2.05, 4.69) is 10.2 Å². The largest absolute Gasteiger partial charge is 0.330 e. The van der Waals surface area contributed by atoms with Crippen LogP contribution in [0, 0.1) is 12.8 Å². The third-order valence-electron chi connectivity index (χ3n) is 3.28. The lowest BCUT2D eigenvalue weighted by molar-refractivity contribution is 0.277. The number of piperidine rings is 1. The molecule has 1 aromatic rings. The van der Waals surface area contributed by atoms with Crippen molar-refractivity contribution >= 4 is 22.4 Å². The zero-order valence-corrected chi connectivity index (χ0v) is 12.5. The lowest BCUT2D eigenvalue weighted by Gasteiger charge is -2.29. The SMILES string of the molecule is Cc1ccc(S(=O)(=O)N2CCC(CN)CC2)nn1.Cl. The molecule has 0 spiro atoms. The molecule has 0 aliphatic carbocycles. The fourth-order valence-corrected chi connectivity index (χ4v) is 3.38. The molecule has 0 saturated carbocycles. The van der Waals surface area contributed by atoms with Crippen LogP contribution < -0.4 is 5.73 Å². The second-order valence-electron chi connectivity index (χ2n) is 4.60. The van der Waals surface area contributed by atoms with Crippen molar-refractivity contribution in [2.75, 3.05) is 19.6 Å². The van der Waals surface area contributed by atoms with Crippen molar-refractivity contribution in [2.24, 2.45) is 11.7 Å². The van der Waals surface area contributed by atoms with Gasteiger partial charge in [-0.2, -0.15) is 9.40 Å². The summed E-state index contributed by atoms with van der Waals surface area (Å²) in [5.74, 6) is 0.431. The standard InChI is InChI=1S/C11H18N4O2S.ClH/c1-9-2-3-11(14-13-9)18(16,17)15-6-4-10(8-12)5-7-15;/h2-3,10H,4-8,12H2,1H3;1H. The van der Waals surface area contributed by atoms with Crippen molar-refractivity contribution in [1.29, 1.82) is 0 Å². The lowest BCUT2D eigenvalue weighted by atomic mass is 9.99. The summed E-state index contributed by atoms with van der Waals surface area (Å²) in [6.07, 6.45) is 1.63. The summed E-state index contributed by atoms with van der Waals surface area (Å²) in [5, 5.41) is 7.58. The van der Waals surface area contributed by atoms with Gasteiger partial charge in [0.15, 0.2) is 5.03 Å². The summed E-state index contributed by atoms with van der Waals surface area (Å²) in [5.41, 5.74) is 6.30. The Morgan fingerprint density at radius 3 is 2.42 bits per heavy atom. The maximum absolute atomic E-state index is 12.3. The number of nitrogens with zero attached hydrogens (tertiary/aromatic N) is 3. The Kier molecular flexibility index (Phi) is 5.66. The molecule has 108 valence electrons. The summed E-state index contributed by atoms with van der Waals surface area (Å²) in [6.45, 7) is 3.42. The second kappa shape index (κ2) is 6.60. The minimum atomic E-state index is -3.49. The molecule has 0 atom stereocenters. The van der Waals surface area contributed by atoms with E-state index in [1.54, 1.807) is 13.0 Å². The molecule has 8 heteroatoms. The van der Waals surface area contributed by atoms with Crippen LogP contribution in [-0.4, -0.2) is 42.6 Å². The van der Waals surface area contributed by atoms with E-state index in [4.69, 9.17) is 5.73 Å². The zero-order valence-electron chi connectivity index (χ0n) is 10.8. The number of aryl methyl sites for hydroxylation is 1. The number of nitrogens with two attached hydrogens (primary N) is 1. The van der Waals surface area contributed by atoms with Gasteiger partial charge in [-0.25, -0.2) is 8.42 Å². The number of rotatable bonds is 3. The monoisotopic (exact) mass is 306 g/mol. The van der Waals surface area contributed by atoms with Gasteiger partial charge in [-0.15, -0.1) is 17.5 Å². The van der Waals surface area contributed by atoms with Gasteiger partial charge in [0, 0.05) is 13.1 Å². The third kappa shape index (κ3) is 3.62. The first kappa shape index (κ1) is 16.3. The summed E-state index contributed by atoms with van der Waals surface area (Å²) < 4.78 is 26.0. The van der Waals surface area contributed by atoms with Crippen molar-refractivity contribution in [1.82, 2.24) is 14.5 Å². The number of halogens is 1. The van der Waals surface area contributed by atoms with Crippen molar-refractivity contribution in [3.8, 4) is 0 Å². The second-order valence-corrected chi connectivity index (χ2v) is 6.48. The van der Waals surface area contributed by atoms with Crippen LogP contribution in [0.1, 0.15) is 18.5 Å². The van der Waals surface area contributed by atoms with Crippen LogP contribution in [0.15, 0.2) is 17.2 Å². The average Bonchev–Trinajstić information content (AvgIpc) is 2.39. The van der Waals surface area contributed by atoms with Crippen LogP contribution in [-0.2, 0) is 10.0 Å². The van der Waals surface area contributed by atoms with Crippen molar-refractivity contribution in [2.45, 2.75) is 24.8 Å². The van der Waals surface area contributed by atoms with E-state index in [0.29, 0.717) is 31.2 Å². The topological polar surface area (TPSA) is 89.2 Å². The van der Waals surface area contributed by atoms with Gasteiger partial charge >= 0.3 is 0 Å². The van der Waals surface area contributed by atoms with Crippen LogP contribution in [0.2, 0.25) is 0 Å². The first-order valence-corrected chi connectivity index (χ1v) is 7.48. The third-order valence-corrected chi connectivity index (χ3v) is 5.08. The summed E-state index contributed by atoms with van der Waals surface area (Å²) in [6, 6.07) is 3.17. The number of aromatic nitrogens is 2. The van der Waals surface area contributed by atoms with Crippen molar-refractivity contribution in [3.63, 3.8) is 0 Å². The van der Waals surface area contributed by atoms with Crippen molar-refractivity contribution in [3.05, 3.63) is 17.8 Å². The van der Waals surface area contributed by atoms with Crippen LogP contribution in [0.4, 0.5) is 0 Å². The molecule has 1 aliphatic rings. The van der Waals surface area contributed by atoms with Gasteiger partial charge in [-0.05, 0) is 44.4 Å². The highest BCUT2D eigenvalue weighted by molar-refractivity contribution is 7.89. The van der Waals surface area contributed by atoms with E-state index in [0.717, 1.165) is 12.8 Å². The van der Waals surface area contributed by atoms with Gasteiger partial charge in [0.2, 0.25) is 0 Å². The first-order valence-electron chi connectivity index (χ1n) is 6.04. The normalized spacial score (nSPS) is 18.0. The molecule has 2 N–H and O–H groups in total. The number of sulfonamides is 1. The van der Waals surface area contributed by atoms with E-state index < -0.39 is 10.0 Å². The summed E-state index contributed by atoms with van der Waals surface area (Å²) in [4.78, 5) is 0. The highest BCUT2D eigenvalue weighted by Crippen LogP contribution is 2.21. The van der Waals surface area contributed by atoms with Gasteiger partial charge in [0.1, 0.15) is 0 Å². The molecule has 1 aliphatic heterocycles. The molecule has 0 aromatic carbocycles. The van der Waals surface area contributed by atoms with Gasteiger partial charge < -0.3 is 5.73 Å². The zero-order chi connectivity index (χ0) is 13.2. The van der Waals surface area contributed by atoms with Crippen LogP contribution in [0.5, 0.6) is 0 Å². The van der Waals surface area contributed by atoms with Gasteiger partial charge in [0.25, 0.3) is 10.0 Å². The number of hydrogen-bond donors (Lipinski definition) is 1. The minimum absolute atomic E-state index is 0. The smallest absolute Gasteiger partial charge is 0.262 e. The van der Waals surface area contributed by atoms with Crippen LogP contribution in [0.3, 0.4) is 0 Å². The summed E-state index contributed by atoms with van der Waals surface area (Å²) >= 11 is 0. The molecule has 1 saturated heterocycles. The fraction of sp³-hybridized carbons (Fsp3) is 0.636. The molecular formula is C11H19ClN4O2S. The van der Waals surface area contributed by atoms with E-state index in [1.807, 2.05) is 0 Å². The molecule has 1 aromatic heterocycles. The van der Waals surface area contributed by atoms with Crippen LogP contribution in [0.25, 0.3) is 0 Å². The number of hydrogen-bond acceptors (Lipinski definition) is 5. The predicted molar refractivity (Wildman–Crippen MR) is 74.6 cm³/mol. The average molecular weight is 307 g/mol. The Bertz CT molecular complexity index is 498. The van der Waals surface area contributed by atoms with Gasteiger partial charge in [-0.3, -0.25) is 0 Å². The fourth-order valence-electron chi connectivity index (χ4n) is 2.04. The Morgan fingerprint density at radius 1 is 1.32 bits per heavy atom. The minimum Gasteiger partial charge on any atom is -0.330 e. The lowest BCUT2D eigenvalue weighted by Crippen LogP contribution is -2.40. The molecule has 6 nitrogen and oxygen atoms in total. The van der Waals surface area contributed by atoms with Crippen LogP contribution >= 0.6 is 12.4 Å². The Hall–Kier alpha value is -0.760.